The van der Waals surface area contributed by atoms with E-state index in [0.717, 1.165) is 6.54 Å². The van der Waals surface area contributed by atoms with Crippen molar-refractivity contribution in [2.45, 2.75) is 6.92 Å². The molecule has 0 saturated heterocycles. The Kier molecular flexibility index (Phi) is 3.87. The number of anilines is 1. The molecule has 0 spiro atoms. The molecule has 5 nitrogen and oxygen atoms in total. The molecule has 0 aliphatic carbocycles. The van der Waals surface area contributed by atoms with Crippen LogP contribution in [-0.4, -0.2) is 21.5 Å². The first-order chi connectivity index (χ1) is 8.31. The molecule has 2 heterocycles. The fourth-order valence-electron chi connectivity index (χ4n) is 1.23. The van der Waals surface area contributed by atoms with Crippen molar-refractivity contribution in [2.24, 2.45) is 0 Å². The van der Waals surface area contributed by atoms with Gasteiger partial charge in [0.25, 0.3) is 0 Å². The fraction of sp³-hybridized carbons (Fsp3) is 0.182. The minimum Gasteiger partial charge on any atom is -0.436 e. The summed E-state index contributed by atoms with van der Waals surface area (Å²) in [6, 6.07) is 3.62. The number of hydrogen-bond donors (Lipinski definition) is 1. The van der Waals surface area contributed by atoms with Crippen LogP contribution >= 0.6 is 15.9 Å². The summed E-state index contributed by atoms with van der Waals surface area (Å²) in [7, 11) is 0. The van der Waals surface area contributed by atoms with E-state index in [1.807, 2.05) is 13.0 Å². The molecule has 0 radical (unpaired) electrons. The Bertz CT molecular complexity index is 492. The third kappa shape index (κ3) is 2.91. The predicted octanol–water partition coefficient (Wildman–Crippen LogP) is 2.86. The molecule has 2 rings (SSSR count). The predicted molar refractivity (Wildman–Crippen MR) is 68.2 cm³/mol. The molecule has 0 unspecified atom stereocenters. The molecule has 2 aromatic rings. The fourth-order valence-corrected chi connectivity index (χ4v) is 1.66. The molecule has 6 heteroatoms. The smallest absolute Gasteiger partial charge is 0.238 e. The number of hydrogen-bond acceptors (Lipinski definition) is 5. The second-order valence-electron chi connectivity index (χ2n) is 3.16. The van der Waals surface area contributed by atoms with Gasteiger partial charge in [0.2, 0.25) is 5.88 Å². The molecular weight excluding hydrogens is 284 g/mol. The largest absolute Gasteiger partial charge is 0.436 e. The van der Waals surface area contributed by atoms with E-state index >= 15 is 0 Å². The van der Waals surface area contributed by atoms with Gasteiger partial charge in [-0.25, -0.2) is 9.97 Å². The summed E-state index contributed by atoms with van der Waals surface area (Å²) in [5, 5.41) is 3.11. The molecule has 17 heavy (non-hydrogen) atoms. The molecule has 2 aromatic heterocycles. The summed E-state index contributed by atoms with van der Waals surface area (Å²) >= 11 is 3.41. The van der Waals surface area contributed by atoms with E-state index in [2.05, 4.69) is 36.2 Å². The van der Waals surface area contributed by atoms with Gasteiger partial charge >= 0.3 is 0 Å². The first-order valence-corrected chi connectivity index (χ1v) is 5.92. The standard InChI is InChI=1S/C11H11BrN4O/c1-2-14-10-9(12)11(16-7-15-10)17-8-4-3-5-13-6-8/h3-7H,2H2,1H3,(H,14,15,16). The van der Waals surface area contributed by atoms with Gasteiger partial charge in [-0.15, -0.1) is 0 Å². The zero-order valence-corrected chi connectivity index (χ0v) is 10.8. The number of rotatable bonds is 4. The van der Waals surface area contributed by atoms with Gasteiger partial charge in [-0.1, -0.05) is 0 Å². The SMILES string of the molecule is CCNc1ncnc(Oc2cccnc2)c1Br. The third-order valence-corrected chi connectivity index (χ3v) is 2.67. The van der Waals surface area contributed by atoms with Gasteiger partial charge in [0.15, 0.2) is 0 Å². The van der Waals surface area contributed by atoms with Crippen molar-refractivity contribution in [2.75, 3.05) is 11.9 Å². The molecular formula is C11H11BrN4O. The van der Waals surface area contributed by atoms with Crippen LogP contribution in [-0.2, 0) is 0 Å². The zero-order chi connectivity index (χ0) is 12.1. The maximum Gasteiger partial charge on any atom is 0.238 e. The molecule has 0 atom stereocenters. The number of halogens is 1. The highest BCUT2D eigenvalue weighted by Crippen LogP contribution is 2.31. The van der Waals surface area contributed by atoms with Gasteiger partial charge in [-0.2, -0.15) is 0 Å². The van der Waals surface area contributed by atoms with Crippen LogP contribution < -0.4 is 10.1 Å². The van der Waals surface area contributed by atoms with Crippen LogP contribution in [0.3, 0.4) is 0 Å². The summed E-state index contributed by atoms with van der Waals surface area (Å²) in [6.07, 6.45) is 4.77. The van der Waals surface area contributed by atoms with Crippen molar-refractivity contribution >= 4 is 21.7 Å². The average Bonchev–Trinajstić information content (AvgIpc) is 2.36. The van der Waals surface area contributed by atoms with Crippen LogP contribution in [0, 0.1) is 0 Å². The van der Waals surface area contributed by atoms with E-state index in [0.29, 0.717) is 21.9 Å². The van der Waals surface area contributed by atoms with E-state index in [1.54, 1.807) is 18.5 Å². The number of aromatic nitrogens is 3. The molecule has 88 valence electrons. The topological polar surface area (TPSA) is 59.9 Å². The summed E-state index contributed by atoms with van der Waals surface area (Å²) in [4.78, 5) is 12.1. The van der Waals surface area contributed by atoms with Crippen LogP contribution in [0.4, 0.5) is 5.82 Å². The highest BCUT2D eigenvalue weighted by Gasteiger charge is 2.09. The molecule has 0 aliphatic heterocycles. The quantitative estimate of drug-likeness (QED) is 0.939. The molecule has 0 aliphatic rings. The lowest BCUT2D eigenvalue weighted by Crippen LogP contribution is -2.02. The van der Waals surface area contributed by atoms with Gasteiger partial charge < -0.3 is 10.1 Å². The number of pyridine rings is 1. The van der Waals surface area contributed by atoms with Gasteiger partial charge in [0.1, 0.15) is 22.4 Å². The zero-order valence-electron chi connectivity index (χ0n) is 9.22. The van der Waals surface area contributed by atoms with Crippen LogP contribution in [0.5, 0.6) is 11.6 Å². The minimum absolute atomic E-state index is 0.462. The van der Waals surface area contributed by atoms with E-state index < -0.39 is 0 Å². The number of nitrogens with one attached hydrogen (secondary N) is 1. The van der Waals surface area contributed by atoms with Crippen LogP contribution in [0.25, 0.3) is 0 Å². The minimum atomic E-state index is 0.462. The van der Waals surface area contributed by atoms with E-state index in [1.165, 1.54) is 6.33 Å². The van der Waals surface area contributed by atoms with Crippen LogP contribution in [0.15, 0.2) is 35.3 Å². The van der Waals surface area contributed by atoms with Crippen molar-refractivity contribution < 1.29 is 4.74 Å². The van der Waals surface area contributed by atoms with Gasteiger partial charge in [0, 0.05) is 12.7 Å². The molecule has 0 amide bonds. The van der Waals surface area contributed by atoms with Crippen molar-refractivity contribution in [3.8, 4) is 11.6 Å². The summed E-state index contributed by atoms with van der Waals surface area (Å²) in [5.41, 5.74) is 0. The second kappa shape index (κ2) is 5.58. The average molecular weight is 295 g/mol. The molecule has 0 fully saturated rings. The Morgan fingerprint density at radius 1 is 1.41 bits per heavy atom. The molecule has 0 aromatic carbocycles. The van der Waals surface area contributed by atoms with Crippen molar-refractivity contribution in [3.63, 3.8) is 0 Å². The summed E-state index contributed by atoms with van der Waals surface area (Å²) in [5.74, 6) is 1.81. The monoisotopic (exact) mass is 294 g/mol. The lowest BCUT2D eigenvalue weighted by Gasteiger charge is -2.09. The van der Waals surface area contributed by atoms with E-state index in [-0.39, 0.29) is 0 Å². The second-order valence-corrected chi connectivity index (χ2v) is 3.96. The molecule has 0 bridgehead atoms. The van der Waals surface area contributed by atoms with Gasteiger partial charge in [-0.05, 0) is 35.0 Å². The third-order valence-electron chi connectivity index (χ3n) is 1.95. The van der Waals surface area contributed by atoms with Crippen LogP contribution in [0.2, 0.25) is 0 Å². The van der Waals surface area contributed by atoms with Crippen LogP contribution in [0.1, 0.15) is 6.92 Å². The molecule has 1 N–H and O–H groups in total. The Hall–Kier alpha value is -1.69. The van der Waals surface area contributed by atoms with Crippen molar-refractivity contribution in [1.82, 2.24) is 15.0 Å². The summed E-state index contributed by atoms with van der Waals surface area (Å²) in [6.45, 7) is 2.78. The Morgan fingerprint density at radius 3 is 3.00 bits per heavy atom. The highest BCUT2D eigenvalue weighted by atomic mass is 79.9. The van der Waals surface area contributed by atoms with Gasteiger partial charge in [-0.3, -0.25) is 4.98 Å². The van der Waals surface area contributed by atoms with E-state index in [9.17, 15) is 0 Å². The van der Waals surface area contributed by atoms with Crippen molar-refractivity contribution in [3.05, 3.63) is 35.3 Å². The normalized spacial score (nSPS) is 10.0. The Morgan fingerprint density at radius 2 is 2.29 bits per heavy atom. The first-order valence-electron chi connectivity index (χ1n) is 5.13. The highest BCUT2D eigenvalue weighted by molar-refractivity contribution is 9.10. The lowest BCUT2D eigenvalue weighted by atomic mass is 10.4. The number of ether oxygens (including phenoxy) is 1. The Balaban J connectivity index is 2.24. The maximum absolute atomic E-state index is 5.60. The first kappa shape index (κ1) is 11.8. The summed E-state index contributed by atoms with van der Waals surface area (Å²) < 4.78 is 6.30. The number of nitrogens with zero attached hydrogens (tertiary/aromatic N) is 3. The Labute approximate surface area is 107 Å². The maximum atomic E-state index is 5.60. The van der Waals surface area contributed by atoms with E-state index in [4.69, 9.17) is 4.74 Å². The van der Waals surface area contributed by atoms with Gasteiger partial charge in [0.05, 0.1) is 6.20 Å². The van der Waals surface area contributed by atoms with Crippen molar-refractivity contribution in [1.29, 1.82) is 0 Å². The lowest BCUT2D eigenvalue weighted by molar-refractivity contribution is 0.456. The molecule has 0 saturated carbocycles.